The van der Waals surface area contributed by atoms with Crippen LogP contribution < -0.4 is 0 Å². The number of amides is 2. The maximum atomic E-state index is 12.8. The Labute approximate surface area is 146 Å². The summed E-state index contributed by atoms with van der Waals surface area (Å²) in [6.07, 6.45) is 1.45. The zero-order valence-electron chi connectivity index (χ0n) is 14.4. The molecule has 0 saturated carbocycles. The monoisotopic (exact) mass is 342 g/mol. The summed E-state index contributed by atoms with van der Waals surface area (Å²) in [7, 11) is 0. The van der Waals surface area contributed by atoms with Gasteiger partial charge in [0.15, 0.2) is 5.76 Å². The van der Waals surface area contributed by atoms with Gasteiger partial charge < -0.3 is 19.0 Å². The Balaban J connectivity index is 1.44. The Hall–Kier alpha value is -2.34. The van der Waals surface area contributed by atoms with Gasteiger partial charge in [-0.15, -0.1) is 0 Å². The molecule has 6 nitrogen and oxygen atoms in total. The van der Waals surface area contributed by atoms with E-state index in [1.165, 1.54) is 0 Å². The van der Waals surface area contributed by atoms with Crippen molar-refractivity contribution in [3.8, 4) is 0 Å². The van der Waals surface area contributed by atoms with Crippen LogP contribution in [0.4, 0.5) is 0 Å². The van der Waals surface area contributed by atoms with Crippen LogP contribution in [0.5, 0.6) is 0 Å². The van der Waals surface area contributed by atoms with E-state index in [9.17, 15) is 9.59 Å². The van der Waals surface area contributed by atoms with Gasteiger partial charge in [0.2, 0.25) is 0 Å². The molecule has 132 valence electrons. The van der Waals surface area contributed by atoms with Gasteiger partial charge in [-0.1, -0.05) is 18.2 Å². The smallest absolute Gasteiger partial charge is 0.290 e. The highest BCUT2D eigenvalue weighted by molar-refractivity contribution is 5.99. The molecule has 3 heterocycles. The first-order valence-corrected chi connectivity index (χ1v) is 8.83. The van der Waals surface area contributed by atoms with E-state index < -0.39 is 0 Å². The van der Waals surface area contributed by atoms with Gasteiger partial charge in [-0.2, -0.15) is 0 Å². The quantitative estimate of drug-likeness (QED) is 0.839. The second-order valence-electron chi connectivity index (χ2n) is 6.67. The maximum absolute atomic E-state index is 12.8. The Morgan fingerprint density at radius 1 is 1.08 bits per heavy atom. The Kier molecular flexibility index (Phi) is 4.21. The molecule has 2 aliphatic heterocycles. The lowest BCUT2D eigenvalue weighted by molar-refractivity contribution is -0.142. The Bertz CT molecular complexity index is 799. The second kappa shape index (κ2) is 6.52. The standard InChI is InChI=1S/C19H22N2O4/c1-13-14-5-2-3-6-15(14)25-17(13)19(23)21-10-8-20(9-11-21)18(22)16-7-4-12-24-16/h2-3,5-6,16H,4,7-12H2,1H3/t16-/m1/s1. The number of hydrogen-bond acceptors (Lipinski definition) is 4. The van der Waals surface area contributed by atoms with Crippen molar-refractivity contribution in [1.82, 2.24) is 9.80 Å². The predicted molar refractivity (Wildman–Crippen MR) is 92.4 cm³/mol. The summed E-state index contributed by atoms with van der Waals surface area (Å²) in [4.78, 5) is 28.8. The van der Waals surface area contributed by atoms with Crippen molar-refractivity contribution >= 4 is 22.8 Å². The molecule has 0 unspecified atom stereocenters. The first-order chi connectivity index (χ1) is 12.1. The Morgan fingerprint density at radius 2 is 1.80 bits per heavy atom. The lowest BCUT2D eigenvalue weighted by atomic mass is 10.1. The number of rotatable bonds is 2. The zero-order chi connectivity index (χ0) is 17.4. The highest BCUT2D eigenvalue weighted by Crippen LogP contribution is 2.26. The van der Waals surface area contributed by atoms with E-state index in [2.05, 4.69) is 0 Å². The SMILES string of the molecule is Cc1c(C(=O)N2CCN(C(=O)[C@H]3CCCO3)CC2)oc2ccccc12. The third kappa shape index (κ3) is 2.91. The zero-order valence-corrected chi connectivity index (χ0v) is 14.4. The van der Waals surface area contributed by atoms with Crippen molar-refractivity contribution in [3.63, 3.8) is 0 Å². The van der Waals surface area contributed by atoms with E-state index in [1.807, 2.05) is 36.1 Å². The fraction of sp³-hybridized carbons (Fsp3) is 0.474. The van der Waals surface area contributed by atoms with Crippen LogP contribution in [0.2, 0.25) is 0 Å². The van der Waals surface area contributed by atoms with Gasteiger partial charge in [0.05, 0.1) is 0 Å². The van der Waals surface area contributed by atoms with Crippen molar-refractivity contribution < 1.29 is 18.7 Å². The number of aryl methyl sites for hydroxylation is 1. The molecule has 6 heteroatoms. The van der Waals surface area contributed by atoms with E-state index in [-0.39, 0.29) is 17.9 Å². The molecule has 0 N–H and O–H groups in total. The molecule has 1 aromatic heterocycles. The molecule has 2 fully saturated rings. The van der Waals surface area contributed by atoms with E-state index in [4.69, 9.17) is 9.15 Å². The fourth-order valence-electron chi connectivity index (χ4n) is 3.63. The number of carbonyl (C=O) groups excluding carboxylic acids is 2. The van der Waals surface area contributed by atoms with Crippen molar-refractivity contribution in [2.45, 2.75) is 25.9 Å². The van der Waals surface area contributed by atoms with E-state index in [0.717, 1.165) is 29.4 Å². The third-order valence-corrected chi connectivity index (χ3v) is 5.12. The second-order valence-corrected chi connectivity index (χ2v) is 6.67. The van der Waals surface area contributed by atoms with Crippen LogP contribution >= 0.6 is 0 Å². The third-order valence-electron chi connectivity index (χ3n) is 5.12. The molecule has 0 spiro atoms. The molecule has 0 radical (unpaired) electrons. The summed E-state index contributed by atoms with van der Waals surface area (Å²) in [5.74, 6) is 0.363. The number of para-hydroxylation sites is 1. The lowest BCUT2D eigenvalue weighted by Gasteiger charge is -2.35. The molecule has 2 aromatic rings. The van der Waals surface area contributed by atoms with Gasteiger partial charge >= 0.3 is 0 Å². The molecule has 25 heavy (non-hydrogen) atoms. The van der Waals surface area contributed by atoms with Crippen LogP contribution in [-0.4, -0.2) is 60.5 Å². The van der Waals surface area contributed by atoms with Crippen molar-refractivity contribution in [3.05, 3.63) is 35.6 Å². The average molecular weight is 342 g/mol. The highest BCUT2D eigenvalue weighted by atomic mass is 16.5. The molecular formula is C19H22N2O4. The van der Waals surface area contributed by atoms with Crippen molar-refractivity contribution in [2.75, 3.05) is 32.8 Å². The molecule has 1 aromatic carbocycles. The summed E-state index contributed by atoms with van der Waals surface area (Å²) < 4.78 is 11.3. The summed E-state index contributed by atoms with van der Waals surface area (Å²) in [6, 6.07) is 7.67. The highest BCUT2D eigenvalue weighted by Gasteiger charge is 2.32. The van der Waals surface area contributed by atoms with Gasteiger partial charge in [0, 0.05) is 43.7 Å². The number of benzene rings is 1. The van der Waals surface area contributed by atoms with Gasteiger partial charge in [-0.05, 0) is 25.8 Å². The lowest BCUT2D eigenvalue weighted by Crippen LogP contribution is -2.52. The van der Waals surface area contributed by atoms with Crippen LogP contribution in [0.1, 0.15) is 29.0 Å². The number of furan rings is 1. The van der Waals surface area contributed by atoms with Gasteiger partial charge in [-0.3, -0.25) is 9.59 Å². The largest absolute Gasteiger partial charge is 0.451 e. The number of nitrogens with zero attached hydrogens (tertiary/aromatic N) is 2. The summed E-state index contributed by atoms with van der Waals surface area (Å²) in [6.45, 7) is 4.71. The van der Waals surface area contributed by atoms with E-state index in [1.54, 1.807) is 4.90 Å². The van der Waals surface area contributed by atoms with Crippen LogP contribution in [0.3, 0.4) is 0 Å². The number of ether oxygens (including phenoxy) is 1. The molecule has 0 aliphatic carbocycles. The molecule has 1 atom stereocenters. The van der Waals surface area contributed by atoms with Crippen molar-refractivity contribution in [1.29, 1.82) is 0 Å². The van der Waals surface area contributed by atoms with Crippen molar-refractivity contribution in [2.24, 2.45) is 0 Å². The molecule has 2 aliphatic rings. The summed E-state index contributed by atoms with van der Waals surface area (Å²) in [5.41, 5.74) is 1.61. The number of piperazine rings is 1. The minimum atomic E-state index is -0.292. The van der Waals surface area contributed by atoms with E-state index >= 15 is 0 Å². The van der Waals surface area contributed by atoms with E-state index in [0.29, 0.717) is 38.5 Å². The first-order valence-electron chi connectivity index (χ1n) is 8.83. The fourth-order valence-corrected chi connectivity index (χ4v) is 3.63. The predicted octanol–water partition coefficient (Wildman–Crippen LogP) is 2.20. The number of hydrogen-bond donors (Lipinski definition) is 0. The van der Waals surface area contributed by atoms with Crippen LogP contribution in [0.25, 0.3) is 11.0 Å². The summed E-state index contributed by atoms with van der Waals surface area (Å²) in [5, 5.41) is 0.970. The topological polar surface area (TPSA) is 63.0 Å². The minimum absolute atomic E-state index is 0.0597. The average Bonchev–Trinajstić information content (AvgIpc) is 3.30. The van der Waals surface area contributed by atoms with Gasteiger partial charge in [0.1, 0.15) is 11.7 Å². The molecule has 4 rings (SSSR count). The minimum Gasteiger partial charge on any atom is -0.451 e. The normalized spacial score (nSPS) is 21.1. The molecule has 2 amide bonds. The maximum Gasteiger partial charge on any atom is 0.290 e. The molecule has 0 bridgehead atoms. The number of carbonyl (C=O) groups is 2. The van der Waals surface area contributed by atoms with Crippen LogP contribution in [0, 0.1) is 6.92 Å². The Morgan fingerprint density at radius 3 is 2.48 bits per heavy atom. The van der Waals surface area contributed by atoms with Gasteiger partial charge in [0.25, 0.3) is 11.8 Å². The van der Waals surface area contributed by atoms with Crippen LogP contribution in [0.15, 0.2) is 28.7 Å². The molecule has 2 saturated heterocycles. The first kappa shape index (κ1) is 16.1. The number of fused-ring (bicyclic) bond motifs is 1. The van der Waals surface area contributed by atoms with Gasteiger partial charge in [-0.25, -0.2) is 0 Å². The van der Waals surface area contributed by atoms with Crippen LogP contribution in [-0.2, 0) is 9.53 Å². The molecular weight excluding hydrogens is 320 g/mol. The summed E-state index contributed by atoms with van der Waals surface area (Å²) >= 11 is 0.